The molecule has 0 bridgehead atoms. The zero-order valence-electron chi connectivity index (χ0n) is 12.4. The normalized spacial score (nSPS) is 9.89. The van der Waals surface area contributed by atoms with Gasteiger partial charge in [-0.15, -0.1) is 6.42 Å². The molecule has 0 aliphatic heterocycles. The summed E-state index contributed by atoms with van der Waals surface area (Å²) in [5.74, 6) is 0. The Balaban J connectivity index is 0. The van der Waals surface area contributed by atoms with Crippen molar-refractivity contribution in [3.05, 3.63) is 0 Å². The zero-order chi connectivity index (χ0) is 14.3. The molecule has 0 spiro atoms. The summed E-state index contributed by atoms with van der Waals surface area (Å²) in [7, 11) is 0. The molecule has 0 amide bonds. The van der Waals surface area contributed by atoms with Gasteiger partial charge >= 0.3 is 101 Å². The molecule has 0 fully saturated rings. The Morgan fingerprint density at radius 2 is 1.11 bits per heavy atom. The van der Waals surface area contributed by atoms with Crippen molar-refractivity contribution in [2.45, 2.75) is 72.6 Å². The number of rotatable bonds is 9. The Hall–Kier alpha value is 0.649. The Morgan fingerprint density at radius 3 is 1.28 bits per heavy atom. The van der Waals surface area contributed by atoms with Gasteiger partial charge in [0.2, 0.25) is 0 Å². The summed E-state index contributed by atoms with van der Waals surface area (Å²) in [5, 5.41) is 0. The summed E-state index contributed by atoms with van der Waals surface area (Å²) in [4.78, 5) is 0. The van der Waals surface area contributed by atoms with Crippen LogP contribution in [-0.2, 0) is 0 Å². The van der Waals surface area contributed by atoms with E-state index in [1.165, 1.54) is 51.8 Å². The monoisotopic (exact) mass is 468 g/mol. The molecule has 0 aliphatic rings. The number of terminal acetylenes is 2. The summed E-state index contributed by atoms with van der Waals surface area (Å²) in [6, 6.07) is 0. The van der Waals surface area contributed by atoms with Crippen LogP contribution in [0.4, 0.5) is 0 Å². The molecule has 0 saturated carbocycles. The van der Waals surface area contributed by atoms with Crippen molar-refractivity contribution in [1.82, 2.24) is 0 Å². The van der Waals surface area contributed by atoms with Crippen molar-refractivity contribution in [2.75, 3.05) is 0 Å². The van der Waals surface area contributed by atoms with E-state index in [9.17, 15) is 0 Å². The van der Waals surface area contributed by atoms with E-state index in [2.05, 4.69) is 35.1 Å². The van der Waals surface area contributed by atoms with E-state index in [-0.39, 0.29) is 0 Å². The van der Waals surface area contributed by atoms with Gasteiger partial charge in [0.05, 0.1) is 0 Å². The van der Waals surface area contributed by atoms with Gasteiger partial charge in [0.25, 0.3) is 0 Å². The minimum absolute atomic E-state index is 1.32. The van der Waals surface area contributed by atoms with E-state index >= 15 is 0 Å². The van der Waals surface area contributed by atoms with Crippen LogP contribution < -0.4 is 0 Å². The fourth-order valence-electron chi connectivity index (χ4n) is 2.14. The standard InChI is InChI=1S/3C4H9.C2HI.C2H.Sn/c3*1-3-4-2;1-2-3;1-2;/h3*1,3-4H2,2H3;1H;1H;. The van der Waals surface area contributed by atoms with Gasteiger partial charge in [0, 0.05) is 22.6 Å². The molecule has 0 saturated heterocycles. The number of unbranched alkanes of at least 4 members (excludes halogenated alkanes) is 3. The maximum absolute atomic E-state index is 5.87. The SMILES string of the molecule is C#CI.C#[C][Sn]([CH2]CCC)([CH2]CCC)[CH2]CCC. The third kappa shape index (κ3) is 11.7. The average Bonchev–Trinajstić information content (AvgIpc) is 2.39. The van der Waals surface area contributed by atoms with Crippen LogP contribution in [0.1, 0.15) is 59.3 Å². The Bertz CT molecular complexity index is 225. The van der Waals surface area contributed by atoms with E-state index in [0.29, 0.717) is 0 Å². The van der Waals surface area contributed by atoms with E-state index < -0.39 is 18.4 Å². The summed E-state index contributed by atoms with van der Waals surface area (Å²) < 4.78 is 9.89. The molecule has 0 rings (SSSR count). The van der Waals surface area contributed by atoms with Crippen molar-refractivity contribution in [2.24, 2.45) is 0 Å². The van der Waals surface area contributed by atoms with E-state index in [1.807, 2.05) is 22.6 Å². The second-order valence-electron chi connectivity index (χ2n) is 4.84. The molecule has 0 radical (unpaired) electrons. The fraction of sp³-hybridized carbons (Fsp3) is 0.750. The van der Waals surface area contributed by atoms with Crippen LogP contribution in [0.25, 0.3) is 0 Å². The molecule has 0 aromatic heterocycles. The van der Waals surface area contributed by atoms with Crippen LogP contribution in [0, 0.1) is 20.7 Å². The molecule has 18 heavy (non-hydrogen) atoms. The first-order valence-electron chi connectivity index (χ1n) is 7.20. The number of halogens is 1. The summed E-state index contributed by atoms with van der Waals surface area (Å²) in [6.45, 7) is 6.85. The predicted octanol–water partition coefficient (Wildman–Crippen LogP) is 6.02. The Labute approximate surface area is 133 Å². The van der Waals surface area contributed by atoms with Crippen LogP contribution in [-0.4, -0.2) is 18.4 Å². The van der Waals surface area contributed by atoms with Gasteiger partial charge < -0.3 is 0 Å². The Morgan fingerprint density at radius 1 is 0.833 bits per heavy atom. The van der Waals surface area contributed by atoms with Crippen molar-refractivity contribution in [1.29, 1.82) is 0 Å². The van der Waals surface area contributed by atoms with Crippen LogP contribution >= 0.6 is 22.6 Å². The fourth-order valence-corrected chi connectivity index (χ4v) is 14.3. The number of hydrogen-bond donors (Lipinski definition) is 0. The second-order valence-corrected chi connectivity index (χ2v) is 17.9. The van der Waals surface area contributed by atoms with E-state index in [0.717, 1.165) is 0 Å². The topological polar surface area (TPSA) is 0 Å². The Kier molecular flexibility index (Phi) is 18.3. The van der Waals surface area contributed by atoms with Crippen molar-refractivity contribution >= 4 is 41.0 Å². The van der Waals surface area contributed by atoms with Gasteiger partial charge in [-0.25, -0.2) is 0 Å². The summed E-state index contributed by atoms with van der Waals surface area (Å²) >= 11 is -0.271. The molecule has 0 aromatic rings. The molecule has 104 valence electrons. The molecule has 0 unspecified atom stereocenters. The van der Waals surface area contributed by atoms with Gasteiger partial charge in [0.15, 0.2) is 0 Å². The summed E-state index contributed by atoms with van der Waals surface area (Å²) in [6.07, 6.45) is 18.6. The second kappa shape index (κ2) is 15.7. The van der Waals surface area contributed by atoms with Crippen LogP contribution in [0.3, 0.4) is 0 Å². The zero-order valence-corrected chi connectivity index (χ0v) is 17.4. The molecule has 0 heterocycles. The molecule has 0 N–H and O–H groups in total. The molecule has 0 nitrogen and oxygen atoms in total. The maximum atomic E-state index is 5.87. The number of hydrogen-bond acceptors (Lipinski definition) is 0. The molecular weight excluding hydrogens is 438 g/mol. The van der Waals surface area contributed by atoms with Crippen molar-refractivity contribution in [3.63, 3.8) is 0 Å². The molecule has 0 aliphatic carbocycles. The third-order valence-corrected chi connectivity index (χ3v) is 16.3. The van der Waals surface area contributed by atoms with Crippen LogP contribution in [0.5, 0.6) is 0 Å². The molecule has 2 heteroatoms. The van der Waals surface area contributed by atoms with E-state index in [4.69, 9.17) is 6.42 Å². The first kappa shape index (κ1) is 21.0. The van der Waals surface area contributed by atoms with Crippen LogP contribution in [0.2, 0.25) is 13.3 Å². The van der Waals surface area contributed by atoms with Gasteiger partial charge in [-0.1, -0.05) is 0 Å². The van der Waals surface area contributed by atoms with Crippen molar-refractivity contribution < 1.29 is 0 Å². The van der Waals surface area contributed by atoms with Gasteiger partial charge in [-0.3, -0.25) is 0 Å². The van der Waals surface area contributed by atoms with E-state index in [1.54, 1.807) is 0 Å². The average molecular weight is 467 g/mol. The summed E-state index contributed by atoms with van der Waals surface area (Å²) in [5.41, 5.74) is 0. The predicted molar refractivity (Wildman–Crippen MR) is 96.6 cm³/mol. The molecule has 0 atom stereocenters. The quantitative estimate of drug-likeness (QED) is 0.221. The molecule has 0 aromatic carbocycles. The first-order valence-corrected chi connectivity index (χ1v) is 15.8. The van der Waals surface area contributed by atoms with Gasteiger partial charge in [-0.05, 0) is 3.93 Å². The van der Waals surface area contributed by atoms with Crippen molar-refractivity contribution in [3.8, 4) is 20.7 Å². The minimum atomic E-state index is -2.09. The van der Waals surface area contributed by atoms with Gasteiger partial charge in [0.1, 0.15) is 0 Å². The van der Waals surface area contributed by atoms with Crippen LogP contribution in [0.15, 0.2) is 0 Å². The third-order valence-electron chi connectivity index (χ3n) is 3.33. The molecular formula is C16H29ISn. The first-order chi connectivity index (χ1) is 8.66. The van der Waals surface area contributed by atoms with Gasteiger partial charge in [-0.2, -0.15) is 0 Å².